The molecule has 0 spiro atoms. The van der Waals surface area contributed by atoms with Crippen LogP contribution in [0.5, 0.6) is 5.75 Å². The van der Waals surface area contributed by atoms with Gasteiger partial charge in [-0.25, -0.2) is 14.2 Å². The molecule has 5 heterocycles. The Morgan fingerprint density at radius 3 is 2.53 bits per heavy atom. The summed E-state index contributed by atoms with van der Waals surface area (Å²) in [7, 11) is 0. The molecule has 6 bridgehead atoms. The number of aromatic nitrogens is 3. The lowest BCUT2D eigenvalue weighted by Crippen LogP contribution is -2.45. The van der Waals surface area contributed by atoms with Gasteiger partial charge in [-0.3, -0.25) is 0 Å². The molecule has 0 unspecified atom stereocenters. The summed E-state index contributed by atoms with van der Waals surface area (Å²) < 4.78 is 34.5. The Labute approximate surface area is 262 Å². The highest BCUT2D eigenvalue weighted by Gasteiger charge is 2.37. The number of carbonyl (C=O) groups is 1. The smallest absolute Gasteiger partial charge is 0.337 e. The molecule has 0 radical (unpaired) electrons. The van der Waals surface area contributed by atoms with E-state index in [4.69, 9.17) is 24.3 Å². The van der Waals surface area contributed by atoms with E-state index in [1.54, 1.807) is 10.6 Å². The summed E-state index contributed by atoms with van der Waals surface area (Å²) in [6.07, 6.45) is 4.00. The normalized spacial score (nSPS) is 17.3. The number of aliphatic carboxylic acids is 1. The number of anilines is 1. The summed E-state index contributed by atoms with van der Waals surface area (Å²) in [5.41, 5.74) is 3.66. The number of hydrogen-bond donors (Lipinski definition) is 1. The first-order chi connectivity index (χ1) is 21.4. The van der Waals surface area contributed by atoms with Crippen molar-refractivity contribution in [3.63, 3.8) is 0 Å². The molecule has 7 rings (SSSR count). The lowest BCUT2D eigenvalue weighted by molar-refractivity contribution is -0.160. The molecule has 2 aromatic heterocycles. The summed E-state index contributed by atoms with van der Waals surface area (Å²) in [6, 6.07) is 14.3. The van der Waals surface area contributed by atoms with Crippen LogP contribution in [0, 0.1) is 12.7 Å². The molecule has 0 aliphatic carbocycles. The first kappa shape index (κ1) is 30.7. The highest BCUT2D eigenvalue weighted by Crippen LogP contribution is 2.39. The number of ether oxygens (including phenoxy) is 3. The van der Waals surface area contributed by atoms with Crippen molar-refractivity contribution in [2.75, 3.05) is 31.2 Å². The van der Waals surface area contributed by atoms with E-state index in [-0.39, 0.29) is 18.0 Å². The molecule has 45 heavy (non-hydrogen) atoms. The highest BCUT2D eigenvalue weighted by atomic mass is 19.1. The molecular formula is C35H39FN4O5. The molecular weight excluding hydrogens is 575 g/mol. The van der Waals surface area contributed by atoms with Crippen molar-refractivity contribution in [1.82, 2.24) is 14.6 Å². The van der Waals surface area contributed by atoms with Crippen LogP contribution in [0.3, 0.4) is 0 Å². The maximum atomic E-state index is 14.3. The van der Waals surface area contributed by atoms with E-state index in [0.29, 0.717) is 53.9 Å². The van der Waals surface area contributed by atoms with Gasteiger partial charge >= 0.3 is 5.97 Å². The molecule has 1 saturated heterocycles. The quantitative estimate of drug-likeness (QED) is 0.252. The van der Waals surface area contributed by atoms with Crippen molar-refractivity contribution in [2.24, 2.45) is 0 Å². The molecule has 0 amide bonds. The van der Waals surface area contributed by atoms with Gasteiger partial charge in [0.25, 0.3) is 0 Å². The number of benzene rings is 2. The predicted octanol–water partition coefficient (Wildman–Crippen LogP) is 6.78. The molecule has 1 N–H and O–H groups in total. The van der Waals surface area contributed by atoms with Crippen LogP contribution in [0.1, 0.15) is 57.9 Å². The Bertz CT molecular complexity index is 1770. The third kappa shape index (κ3) is 6.43. The Morgan fingerprint density at radius 1 is 1.07 bits per heavy atom. The number of nitrogens with zero attached hydrogens (tertiary/aromatic N) is 4. The van der Waals surface area contributed by atoms with E-state index >= 15 is 0 Å². The monoisotopic (exact) mass is 614 g/mol. The molecule has 0 saturated carbocycles. The largest absolute Gasteiger partial charge is 0.489 e. The van der Waals surface area contributed by atoms with E-state index in [1.807, 2.05) is 70.2 Å². The maximum Gasteiger partial charge on any atom is 0.337 e. The van der Waals surface area contributed by atoms with Crippen LogP contribution in [-0.2, 0) is 14.3 Å². The van der Waals surface area contributed by atoms with Crippen LogP contribution in [0.25, 0.3) is 28.0 Å². The summed E-state index contributed by atoms with van der Waals surface area (Å²) in [4.78, 5) is 19.8. The number of halogens is 1. The van der Waals surface area contributed by atoms with Gasteiger partial charge in [-0.05, 0) is 77.3 Å². The maximum absolute atomic E-state index is 14.3. The highest BCUT2D eigenvalue weighted by molar-refractivity contribution is 5.80. The molecule has 236 valence electrons. The fraction of sp³-hybridized carbons (Fsp3) is 0.400. The number of hydrogen-bond acceptors (Lipinski definition) is 7. The minimum absolute atomic E-state index is 0.271. The summed E-state index contributed by atoms with van der Waals surface area (Å²) in [5, 5.41) is 15.4. The average molecular weight is 615 g/mol. The molecule has 1 fully saturated rings. The van der Waals surface area contributed by atoms with E-state index < -0.39 is 17.7 Å². The van der Waals surface area contributed by atoms with Crippen LogP contribution in [-0.4, -0.2) is 63.2 Å². The van der Waals surface area contributed by atoms with Gasteiger partial charge in [0, 0.05) is 42.0 Å². The van der Waals surface area contributed by atoms with Gasteiger partial charge in [-0.15, -0.1) is 0 Å². The van der Waals surface area contributed by atoms with Crippen molar-refractivity contribution in [3.05, 3.63) is 77.8 Å². The van der Waals surface area contributed by atoms with E-state index in [0.717, 1.165) is 29.5 Å². The Kier molecular flexibility index (Phi) is 8.13. The molecule has 3 aliphatic rings. The van der Waals surface area contributed by atoms with Gasteiger partial charge in [0.2, 0.25) is 0 Å². The van der Waals surface area contributed by atoms with E-state index in [9.17, 15) is 14.3 Å². The second kappa shape index (κ2) is 11.9. The molecule has 2 aromatic carbocycles. The Morgan fingerprint density at radius 2 is 1.80 bits per heavy atom. The zero-order valence-electron chi connectivity index (χ0n) is 26.3. The van der Waals surface area contributed by atoms with Crippen LogP contribution < -0.4 is 9.64 Å². The summed E-state index contributed by atoms with van der Waals surface area (Å²) >= 11 is 0. The fourth-order valence-corrected chi connectivity index (χ4v) is 6.01. The van der Waals surface area contributed by atoms with Crippen molar-refractivity contribution in [3.8, 4) is 28.1 Å². The van der Waals surface area contributed by atoms with Crippen molar-refractivity contribution in [1.29, 1.82) is 0 Å². The van der Waals surface area contributed by atoms with Crippen molar-refractivity contribution >= 4 is 17.4 Å². The standard InChI is InChI=1S/C35H39FN4O5/c1-22-30(31(33(41)42)45-34(2,3)4)32-39-15-13-35(5,14-16-39)44-18-7-6-17-43-28-20-25(36)11-12-26(28)23-9-8-10-24(19-23)27-21-29(37-22)40(32)38-27/h6-12,19-21,31H,13-18H2,1-5H3,(H,41,42)/t31-/m0/s1. The lowest BCUT2D eigenvalue weighted by atomic mass is 9.92. The zero-order valence-corrected chi connectivity index (χ0v) is 26.3. The van der Waals surface area contributed by atoms with Crippen LogP contribution >= 0.6 is 0 Å². The second-order valence-electron chi connectivity index (χ2n) is 12.9. The van der Waals surface area contributed by atoms with Crippen LogP contribution in [0.2, 0.25) is 0 Å². The number of fused-ring (bicyclic) bond motifs is 6. The van der Waals surface area contributed by atoms with Gasteiger partial charge in [0.05, 0.1) is 29.1 Å². The molecule has 9 nitrogen and oxygen atoms in total. The second-order valence-corrected chi connectivity index (χ2v) is 12.9. The number of piperidine rings is 1. The number of aryl methyl sites for hydroxylation is 1. The average Bonchev–Trinajstić information content (AvgIpc) is 3.40. The third-order valence-electron chi connectivity index (χ3n) is 8.33. The Balaban J connectivity index is 1.55. The van der Waals surface area contributed by atoms with Gasteiger partial charge in [-0.2, -0.15) is 9.61 Å². The Hall–Kier alpha value is -4.28. The SMILES string of the molecule is Cc1nc2cc3nn2c(c1[C@H](OC(C)(C)C)C(=O)O)N1CCC(C)(CC1)OCC=CCOc1cc(F)ccc1-c1cccc-3c1. The van der Waals surface area contributed by atoms with Gasteiger partial charge in [-0.1, -0.05) is 24.3 Å². The molecule has 1 atom stereocenters. The molecule has 4 aromatic rings. The number of carboxylic acids is 1. The summed E-state index contributed by atoms with van der Waals surface area (Å²) in [5.74, 6) is -0.373. The van der Waals surface area contributed by atoms with E-state index in [2.05, 4.69) is 11.8 Å². The van der Waals surface area contributed by atoms with Gasteiger partial charge in [0.15, 0.2) is 11.8 Å². The van der Waals surface area contributed by atoms with Crippen LogP contribution in [0.15, 0.2) is 60.7 Å². The first-order valence-electron chi connectivity index (χ1n) is 15.3. The molecule has 3 aliphatic heterocycles. The van der Waals surface area contributed by atoms with Gasteiger partial charge < -0.3 is 24.2 Å². The predicted molar refractivity (Wildman–Crippen MR) is 170 cm³/mol. The zero-order chi connectivity index (χ0) is 31.9. The topological polar surface area (TPSA) is 98.4 Å². The first-order valence-corrected chi connectivity index (χ1v) is 15.3. The third-order valence-corrected chi connectivity index (χ3v) is 8.33. The van der Waals surface area contributed by atoms with Crippen LogP contribution in [0.4, 0.5) is 10.2 Å². The van der Waals surface area contributed by atoms with Crippen molar-refractivity contribution in [2.45, 2.75) is 64.8 Å². The van der Waals surface area contributed by atoms with E-state index in [1.165, 1.54) is 12.1 Å². The number of carboxylic acid groups (broad SMARTS) is 1. The molecule has 10 heteroatoms. The van der Waals surface area contributed by atoms with Gasteiger partial charge in [0.1, 0.15) is 24.0 Å². The fourth-order valence-electron chi connectivity index (χ4n) is 6.01. The van der Waals surface area contributed by atoms with Crippen molar-refractivity contribution < 1.29 is 28.5 Å². The number of rotatable bonds is 3. The minimum Gasteiger partial charge on any atom is -0.489 e. The summed E-state index contributed by atoms with van der Waals surface area (Å²) in [6.45, 7) is 11.4. The lowest BCUT2D eigenvalue weighted by Gasteiger charge is -2.41. The minimum atomic E-state index is -1.25.